The fraction of sp³-hybridized carbons (Fsp3) is 0.350. The zero-order valence-corrected chi connectivity index (χ0v) is 15.7. The van der Waals surface area contributed by atoms with Gasteiger partial charge in [0, 0.05) is 11.1 Å². The Kier molecular flexibility index (Phi) is 4.79. The van der Waals surface area contributed by atoms with Gasteiger partial charge in [0.25, 0.3) is 0 Å². The van der Waals surface area contributed by atoms with Crippen molar-refractivity contribution in [1.82, 2.24) is 0 Å². The summed E-state index contributed by atoms with van der Waals surface area (Å²) in [7, 11) is 0. The molecule has 4 heteroatoms. The van der Waals surface area contributed by atoms with E-state index in [2.05, 4.69) is 42.8 Å². The van der Waals surface area contributed by atoms with Crippen molar-refractivity contribution < 1.29 is 14.3 Å². The first kappa shape index (κ1) is 17.2. The van der Waals surface area contributed by atoms with E-state index >= 15 is 0 Å². The normalized spacial score (nSPS) is 16.8. The molecular weight excluding hydrogens is 368 g/mol. The summed E-state index contributed by atoms with van der Waals surface area (Å²) in [5.74, 6) is 0.671. The minimum atomic E-state index is 0.00104. The average Bonchev–Trinajstić information content (AvgIpc) is 3.37. The molecule has 2 aromatic carbocycles. The lowest BCUT2D eigenvalue weighted by Crippen LogP contribution is -2.12. The van der Waals surface area contributed by atoms with Crippen molar-refractivity contribution in [3.63, 3.8) is 0 Å². The molecule has 1 heterocycles. The van der Waals surface area contributed by atoms with E-state index in [9.17, 15) is 4.79 Å². The Labute approximate surface area is 151 Å². The van der Waals surface area contributed by atoms with Crippen molar-refractivity contribution in [3.05, 3.63) is 63.6 Å². The number of carbonyl (C=O) groups excluding carboxylic acids is 1. The molecule has 0 N–H and O–H groups in total. The molecule has 0 aromatic heterocycles. The first-order chi connectivity index (χ1) is 11.3. The molecule has 1 aliphatic rings. The van der Waals surface area contributed by atoms with Gasteiger partial charge in [-0.05, 0) is 51.2 Å². The monoisotopic (exact) mass is 388 g/mol. The number of hydrogen-bond donors (Lipinski definition) is 0. The van der Waals surface area contributed by atoms with E-state index < -0.39 is 0 Å². The van der Waals surface area contributed by atoms with Crippen molar-refractivity contribution in [1.29, 1.82) is 0 Å². The van der Waals surface area contributed by atoms with Crippen LogP contribution in [0, 0.1) is 0 Å². The van der Waals surface area contributed by atoms with Gasteiger partial charge >= 0.3 is 0 Å². The van der Waals surface area contributed by atoms with Gasteiger partial charge in [0.05, 0.1) is 11.1 Å². The summed E-state index contributed by atoms with van der Waals surface area (Å²) in [5.41, 5.74) is 2.47. The van der Waals surface area contributed by atoms with Crippen LogP contribution in [0.1, 0.15) is 42.3 Å². The molecule has 0 saturated carbocycles. The number of ketones is 1. The smallest absolute Gasteiger partial charge is 0.193 e. The third-order valence-corrected chi connectivity index (χ3v) is 4.67. The van der Waals surface area contributed by atoms with Gasteiger partial charge in [0.2, 0.25) is 0 Å². The van der Waals surface area contributed by atoms with Gasteiger partial charge in [0.1, 0.15) is 18.5 Å². The maximum absolute atomic E-state index is 12.8. The van der Waals surface area contributed by atoms with Gasteiger partial charge in [-0.1, -0.05) is 39.0 Å². The second-order valence-corrected chi connectivity index (χ2v) is 7.93. The van der Waals surface area contributed by atoms with Crippen LogP contribution in [0.25, 0.3) is 0 Å². The molecule has 1 atom stereocenters. The van der Waals surface area contributed by atoms with E-state index in [0.717, 1.165) is 16.6 Å². The third kappa shape index (κ3) is 4.05. The van der Waals surface area contributed by atoms with E-state index in [1.54, 1.807) is 6.07 Å². The molecule has 1 saturated heterocycles. The fourth-order valence-corrected chi connectivity index (χ4v) is 2.76. The molecule has 2 aromatic rings. The van der Waals surface area contributed by atoms with Gasteiger partial charge in [-0.3, -0.25) is 4.79 Å². The van der Waals surface area contributed by atoms with E-state index in [0.29, 0.717) is 23.5 Å². The Morgan fingerprint density at radius 2 is 1.92 bits per heavy atom. The maximum atomic E-state index is 12.8. The third-order valence-electron chi connectivity index (χ3n) is 4.01. The molecule has 0 radical (unpaired) electrons. The molecular formula is C20H21BrO3. The Morgan fingerprint density at radius 3 is 2.58 bits per heavy atom. The van der Waals surface area contributed by atoms with Crippen LogP contribution in [0.15, 0.2) is 46.9 Å². The lowest BCUT2D eigenvalue weighted by Gasteiger charge is -2.19. The Morgan fingerprint density at radius 1 is 1.21 bits per heavy atom. The fourth-order valence-electron chi connectivity index (χ4n) is 2.40. The maximum Gasteiger partial charge on any atom is 0.193 e. The number of rotatable bonds is 5. The molecule has 0 amide bonds. The van der Waals surface area contributed by atoms with Crippen LogP contribution in [0.2, 0.25) is 0 Å². The topological polar surface area (TPSA) is 38.8 Å². The predicted molar refractivity (Wildman–Crippen MR) is 98.0 cm³/mol. The summed E-state index contributed by atoms with van der Waals surface area (Å²) >= 11 is 3.47. The number of benzene rings is 2. The molecule has 126 valence electrons. The van der Waals surface area contributed by atoms with Gasteiger partial charge in [-0.25, -0.2) is 0 Å². The van der Waals surface area contributed by atoms with E-state index in [1.807, 2.05) is 30.3 Å². The molecule has 0 spiro atoms. The van der Waals surface area contributed by atoms with Crippen LogP contribution in [0.5, 0.6) is 5.75 Å². The highest BCUT2D eigenvalue weighted by Gasteiger charge is 2.24. The molecule has 1 fully saturated rings. The first-order valence-electron chi connectivity index (χ1n) is 8.04. The molecule has 24 heavy (non-hydrogen) atoms. The number of hydrogen-bond acceptors (Lipinski definition) is 3. The summed E-state index contributed by atoms with van der Waals surface area (Å²) in [6.07, 6.45) is 0.180. The van der Waals surface area contributed by atoms with E-state index in [4.69, 9.17) is 9.47 Å². The van der Waals surface area contributed by atoms with Crippen LogP contribution in [-0.4, -0.2) is 25.1 Å². The zero-order chi connectivity index (χ0) is 17.3. The van der Waals surface area contributed by atoms with Crippen molar-refractivity contribution in [3.8, 4) is 5.75 Å². The number of halogens is 1. The SMILES string of the molecule is CC(C)(C)c1cccc(C(=O)c2ccc(Br)c(OCC3CO3)c2)c1. The average molecular weight is 389 g/mol. The second-order valence-electron chi connectivity index (χ2n) is 7.07. The first-order valence-corrected chi connectivity index (χ1v) is 8.83. The molecule has 3 nitrogen and oxygen atoms in total. The van der Waals surface area contributed by atoms with Gasteiger partial charge < -0.3 is 9.47 Å². The lowest BCUT2D eigenvalue weighted by molar-refractivity contribution is 0.103. The quantitative estimate of drug-likeness (QED) is 0.547. The van der Waals surface area contributed by atoms with E-state index in [-0.39, 0.29) is 17.3 Å². The Bertz CT molecular complexity index is 758. The molecule has 0 bridgehead atoms. The molecule has 1 aliphatic heterocycles. The number of carbonyl (C=O) groups is 1. The van der Waals surface area contributed by atoms with Crippen molar-refractivity contribution >= 4 is 21.7 Å². The lowest BCUT2D eigenvalue weighted by atomic mass is 9.85. The van der Waals surface area contributed by atoms with Crippen molar-refractivity contribution in [2.45, 2.75) is 32.3 Å². The van der Waals surface area contributed by atoms with Crippen LogP contribution in [-0.2, 0) is 10.2 Å². The highest BCUT2D eigenvalue weighted by atomic mass is 79.9. The number of epoxide rings is 1. The van der Waals surface area contributed by atoms with Crippen molar-refractivity contribution in [2.24, 2.45) is 0 Å². The Hall–Kier alpha value is -1.65. The summed E-state index contributed by atoms with van der Waals surface area (Å²) in [6, 6.07) is 13.3. The van der Waals surface area contributed by atoms with Crippen LogP contribution in [0.4, 0.5) is 0 Å². The predicted octanol–water partition coefficient (Wildman–Crippen LogP) is 4.76. The summed E-state index contributed by atoms with van der Waals surface area (Å²) in [6.45, 7) is 7.68. The van der Waals surface area contributed by atoms with Gasteiger partial charge in [-0.2, -0.15) is 0 Å². The van der Waals surface area contributed by atoms with Gasteiger partial charge in [0.15, 0.2) is 5.78 Å². The largest absolute Gasteiger partial charge is 0.490 e. The highest BCUT2D eigenvalue weighted by molar-refractivity contribution is 9.10. The minimum absolute atomic E-state index is 0.00104. The molecule has 1 unspecified atom stereocenters. The van der Waals surface area contributed by atoms with Gasteiger partial charge in [-0.15, -0.1) is 0 Å². The summed E-state index contributed by atoms with van der Waals surface area (Å²) < 4.78 is 11.7. The van der Waals surface area contributed by atoms with Crippen molar-refractivity contribution in [2.75, 3.05) is 13.2 Å². The van der Waals surface area contributed by atoms with Crippen LogP contribution in [0.3, 0.4) is 0 Å². The zero-order valence-electron chi connectivity index (χ0n) is 14.1. The second kappa shape index (κ2) is 6.69. The molecule has 0 aliphatic carbocycles. The summed E-state index contributed by atoms with van der Waals surface area (Å²) in [5, 5.41) is 0. The number of ether oxygens (including phenoxy) is 2. The molecule has 3 rings (SSSR count). The minimum Gasteiger partial charge on any atom is -0.490 e. The summed E-state index contributed by atoms with van der Waals surface area (Å²) in [4.78, 5) is 12.8. The Balaban J connectivity index is 1.85. The van der Waals surface area contributed by atoms with Crippen LogP contribution < -0.4 is 4.74 Å². The van der Waals surface area contributed by atoms with E-state index in [1.165, 1.54) is 0 Å². The standard InChI is InChI=1S/C20H21BrO3/c1-20(2,3)15-6-4-5-13(9-15)19(22)14-7-8-17(21)18(10-14)24-12-16-11-23-16/h4-10,16H,11-12H2,1-3H3. The van der Waals surface area contributed by atoms with Crippen LogP contribution >= 0.6 is 15.9 Å². The highest BCUT2D eigenvalue weighted by Crippen LogP contribution is 2.29.